The van der Waals surface area contributed by atoms with Crippen molar-refractivity contribution >= 4 is 38.8 Å². The van der Waals surface area contributed by atoms with Crippen molar-refractivity contribution in [2.75, 3.05) is 12.4 Å². The van der Waals surface area contributed by atoms with Gasteiger partial charge in [-0.25, -0.2) is 4.98 Å². The molecule has 11 heteroatoms. The SMILES string of the molecule is COc1ccc2nc(-c3ccc(NC(=O)c4ccc([N+](=O)[O-])cc4C(F)(F)F)cc3)sc2c1. The summed E-state index contributed by atoms with van der Waals surface area (Å²) in [5, 5.41) is 13.9. The first kappa shape index (κ1) is 22.2. The number of carbonyl (C=O) groups excluding carboxylic acids is 1. The highest BCUT2D eigenvalue weighted by Gasteiger charge is 2.37. The Morgan fingerprint density at radius 1 is 1.09 bits per heavy atom. The molecule has 0 aliphatic rings. The van der Waals surface area contributed by atoms with Crippen LogP contribution in [0.4, 0.5) is 24.5 Å². The number of nitrogens with zero attached hydrogens (tertiary/aromatic N) is 2. The van der Waals surface area contributed by atoms with E-state index >= 15 is 0 Å². The number of thiazole rings is 1. The van der Waals surface area contributed by atoms with Crippen molar-refractivity contribution in [2.45, 2.75) is 6.18 Å². The van der Waals surface area contributed by atoms with Gasteiger partial charge in [-0.3, -0.25) is 14.9 Å². The fourth-order valence-electron chi connectivity index (χ4n) is 3.13. The van der Waals surface area contributed by atoms with Crippen LogP contribution in [0.5, 0.6) is 5.75 Å². The van der Waals surface area contributed by atoms with Gasteiger partial charge in [-0.1, -0.05) is 0 Å². The quantitative estimate of drug-likeness (QED) is 0.277. The Labute approximate surface area is 188 Å². The summed E-state index contributed by atoms with van der Waals surface area (Å²) in [4.78, 5) is 26.9. The average molecular weight is 473 g/mol. The summed E-state index contributed by atoms with van der Waals surface area (Å²) in [5.74, 6) is -0.322. The van der Waals surface area contributed by atoms with Crippen molar-refractivity contribution in [1.82, 2.24) is 4.98 Å². The zero-order chi connectivity index (χ0) is 23.8. The Morgan fingerprint density at radius 2 is 1.82 bits per heavy atom. The summed E-state index contributed by atoms with van der Waals surface area (Å²) >= 11 is 1.45. The van der Waals surface area contributed by atoms with Crippen molar-refractivity contribution in [3.63, 3.8) is 0 Å². The van der Waals surface area contributed by atoms with Gasteiger partial charge in [-0.2, -0.15) is 13.2 Å². The molecule has 168 valence electrons. The molecule has 0 unspecified atom stereocenters. The first-order valence-corrected chi connectivity index (χ1v) is 10.2. The van der Waals surface area contributed by atoms with E-state index in [9.17, 15) is 28.1 Å². The molecule has 0 fully saturated rings. The van der Waals surface area contributed by atoms with Crippen molar-refractivity contribution in [3.8, 4) is 16.3 Å². The summed E-state index contributed by atoms with van der Waals surface area (Å²) in [6.45, 7) is 0. The smallest absolute Gasteiger partial charge is 0.417 e. The van der Waals surface area contributed by atoms with E-state index in [4.69, 9.17) is 4.74 Å². The number of alkyl halides is 3. The minimum Gasteiger partial charge on any atom is -0.497 e. The highest BCUT2D eigenvalue weighted by atomic mass is 32.1. The monoisotopic (exact) mass is 473 g/mol. The Hall–Kier alpha value is -3.99. The number of methoxy groups -OCH3 is 1. The average Bonchev–Trinajstić information content (AvgIpc) is 3.21. The molecule has 7 nitrogen and oxygen atoms in total. The number of halogens is 3. The van der Waals surface area contributed by atoms with Crippen LogP contribution in [0.25, 0.3) is 20.8 Å². The molecule has 4 aromatic rings. The summed E-state index contributed by atoms with van der Waals surface area (Å²) in [6, 6.07) is 14.0. The van der Waals surface area contributed by atoms with Crippen molar-refractivity contribution in [1.29, 1.82) is 0 Å². The van der Waals surface area contributed by atoms with E-state index in [1.807, 2.05) is 12.1 Å². The molecule has 0 aliphatic carbocycles. The van der Waals surface area contributed by atoms with Crippen LogP contribution in [0.2, 0.25) is 0 Å². The number of nitrogens with one attached hydrogen (secondary N) is 1. The lowest BCUT2D eigenvalue weighted by Crippen LogP contribution is -2.19. The third kappa shape index (κ3) is 4.62. The van der Waals surface area contributed by atoms with Crippen LogP contribution >= 0.6 is 11.3 Å². The zero-order valence-corrected chi connectivity index (χ0v) is 17.7. The third-order valence-electron chi connectivity index (χ3n) is 4.75. The number of fused-ring (bicyclic) bond motifs is 1. The van der Waals surface area contributed by atoms with Gasteiger partial charge in [0, 0.05) is 23.4 Å². The van der Waals surface area contributed by atoms with Crippen LogP contribution in [0, 0.1) is 10.1 Å². The van der Waals surface area contributed by atoms with Gasteiger partial charge in [0.2, 0.25) is 0 Å². The van der Waals surface area contributed by atoms with Crippen LogP contribution in [0.1, 0.15) is 15.9 Å². The highest BCUT2D eigenvalue weighted by molar-refractivity contribution is 7.21. The van der Waals surface area contributed by atoms with Gasteiger partial charge in [0.15, 0.2) is 0 Å². The summed E-state index contributed by atoms with van der Waals surface area (Å²) in [7, 11) is 1.57. The maximum Gasteiger partial charge on any atom is 0.417 e. The van der Waals surface area contributed by atoms with Crippen LogP contribution in [-0.4, -0.2) is 22.9 Å². The molecule has 0 spiro atoms. The molecule has 0 atom stereocenters. The third-order valence-corrected chi connectivity index (χ3v) is 5.82. The zero-order valence-electron chi connectivity index (χ0n) is 16.8. The van der Waals surface area contributed by atoms with Crippen LogP contribution in [0.3, 0.4) is 0 Å². The normalized spacial score (nSPS) is 11.4. The number of aromatic nitrogens is 1. The summed E-state index contributed by atoms with van der Waals surface area (Å²) in [6.07, 6.45) is -4.93. The van der Waals surface area contributed by atoms with Gasteiger partial charge in [-0.15, -0.1) is 11.3 Å². The summed E-state index contributed by atoms with van der Waals surface area (Å²) < 4.78 is 46.2. The molecule has 33 heavy (non-hydrogen) atoms. The first-order chi connectivity index (χ1) is 15.7. The van der Waals surface area contributed by atoms with Crippen molar-refractivity contribution in [2.24, 2.45) is 0 Å². The first-order valence-electron chi connectivity index (χ1n) is 9.38. The lowest BCUT2D eigenvalue weighted by molar-refractivity contribution is -0.385. The van der Waals surface area contributed by atoms with Crippen LogP contribution < -0.4 is 10.1 Å². The van der Waals surface area contributed by atoms with Crippen molar-refractivity contribution < 1.29 is 27.6 Å². The molecular weight excluding hydrogens is 459 g/mol. The molecule has 0 radical (unpaired) electrons. The number of anilines is 1. The molecule has 4 rings (SSSR count). The number of benzene rings is 3. The lowest BCUT2D eigenvalue weighted by Gasteiger charge is -2.13. The second-order valence-electron chi connectivity index (χ2n) is 6.87. The van der Waals surface area contributed by atoms with Gasteiger partial charge in [0.25, 0.3) is 11.6 Å². The van der Waals surface area contributed by atoms with Gasteiger partial charge in [-0.05, 0) is 48.5 Å². The van der Waals surface area contributed by atoms with Gasteiger partial charge >= 0.3 is 6.18 Å². The number of nitro benzene ring substituents is 1. The Balaban J connectivity index is 1.57. The van der Waals surface area contributed by atoms with Crippen molar-refractivity contribution in [3.05, 3.63) is 81.9 Å². The van der Waals surface area contributed by atoms with Crippen LogP contribution in [-0.2, 0) is 6.18 Å². The predicted octanol–water partition coefficient (Wildman–Crippen LogP) is 6.15. The van der Waals surface area contributed by atoms with Crippen LogP contribution in [0.15, 0.2) is 60.7 Å². The molecule has 1 aromatic heterocycles. The van der Waals surface area contributed by atoms with E-state index in [0.717, 1.165) is 32.9 Å². The second-order valence-corrected chi connectivity index (χ2v) is 7.90. The topological polar surface area (TPSA) is 94.4 Å². The Morgan fingerprint density at radius 3 is 2.45 bits per heavy atom. The molecule has 1 heterocycles. The predicted molar refractivity (Wildman–Crippen MR) is 118 cm³/mol. The largest absolute Gasteiger partial charge is 0.497 e. The molecule has 3 aromatic carbocycles. The fraction of sp³-hybridized carbons (Fsp3) is 0.0909. The Bertz CT molecular complexity index is 1370. The number of amides is 1. The van der Waals surface area contributed by atoms with Gasteiger partial charge < -0.3 is 10.1 Å². The number of non-ortho nitro benzene ring substituents is 1. The number of hydrogen-bond donors (Lipinski definition) is 1. The van der Waals surface area contributed by atoms with E-state index in [0.29, 0.717) is 11.8 Å². The molecule has 1 amide bonds. The van der Waals surface area contributed by atoms with Gasteiger partial charge in [0.05, 0.1) is 33.4 Å². The highest BCUT2D eigenvalue weighted by Crippen LogP contribution is 2.35. The number of rotatable bonds is 5. The van der Waals surface area contributed by atoms with E-state index in [-0.39, 0.29) is 5.69 Å². The van der Waals surface area contributed by atoms with E-state index in [2.05, 4.69) is 10.3 Å². The fourth-order valence-corrected chi connectivity index (χ4v) is 4.13. The minimum absolute atomic E-state index is 0.262. The minimum atomic E-state index is -4.93. The summed E-state index contributed by atoms with van der Waals surface area (Å²) in [5.41, 5.74) is -1.02. The maximum atomic E-state index is 13.4. The Kier molecular flexibility index (Phi) is 5.73. The van der Waals surface area contributed by atoms with E-state index < -0.39 is 33.8 Å². The number of hydrogen-bond acceptors (Lipinski definition) is 6. The van der Waals surface area contributed by atoms with E-state index in [1.54, 1.807) is 37.4 Å². The molecular formula is C22H14F3N3O4S. The molecule has 1 N–H and O–H groups in total. The second kappa shape index (κ2) is 8.51. The van der Waals surface area contributed by atoms with Gasteiger partial charge in [0.1, 0.15) is 10.8 Å². The lowest BCUT2D eigenvalue weighted by atomic mass is 10.0. The number of ether oxygens (including phenoxy) is 1. The van der Waals surface area contributed by atoms with E-state index in [1.165, 1.54) is 11.3 Å². The molecule has 0 saturated heterocycles. The standard InChI is InChI=1S/C22H14F3N3O4S/c1-32-15-7-9-18-19(11-15)33-21(27-18)12-2-4-13(5-3-12)26-20(29)16-8-6-14(28(30)31)10-17(16)22(23,24)25/h2-11H,1H3,(H,26,29). The molecule has 0 aliphatic heterocycles. The number of carbonyl (C=O) groups is 1. The molecule has 0 saturated carbocycles. The molecule has 0 bridgehead atoms. The number of nitro groups is 1. The maximum absolute atomic E-state index is 13.4.